The van der Waals surface area contributed by atoms with Gasteiger partial charge in [-0.15, -0.1) is 0 Å². The zero-order valence-corrected chi connectivity index (χ0v) is 16.8. The van der Waals surface area contributed by atoms with Gasteiger partial charge in [0, 0.05) is 30.6 Å². The summed E-state index contributed by atoms with van der Waals surface area (Å²) < 4.78 is 5.91. The second-order valence-corrected chi connectivity index (χ2v) is 6.79. The molecule has 0 bridgehead atoms. The first-order chi connectivity index (χ1) is 13.2. The smallest absolute Gasteiger partial charge is 0.157 e. The molecule has 0 aromatic carbocycles. The topological polar surface area (TPSA) is 74.7 Å². The molecular formula is C21H33N3O3. The Kier molecular flexibility index (Phi) is 8.58. The van der Waals surface area contributed by atoms with Crippen LogP contribution < -0.4 is 10.2 Å². The Morgan fingerprint density at radius 3 is 2.85 bits per heavy atom. The molecule has 1 saturated carbocycles. The third kappa shape index (κ3) is 5.22. The lowest BCUT2D eigenvalue weighted by molar-refractivity contribution is 0.110. The molecule has 1 fully saturated rings. The van der Waals surface area contributed by atoms with E-state index in [1.807, 2.05) is 13.8 Å². The van der Waals surface area contributed by atoms with E-state index in [9.17, 15) is 9.90 Å². The molecule has 150 valence electrons. The van der Waals surface area contributed by atoms with Crippen LogP contribution in [0.2, 0.25) is 0 Å². The van der Waals surface area contributed by atoms with Crippen molar-refractivity contribution in [3.8, 4) is 11.5 Å². The van der Waals surface area contributed by atoms with Gasteiger partial charge in [-0.05, 0) is 25.3 Å². The molecule has 6 heteroatoms. The molecule has 1 aromatic rings. The van der Waals surface area contributed by atoms with Crippen molar-refractivity contribution >= 4 is 6.29 Å². The fourth-order valence-electron chi connectivity index (χ4n) is 3.91. The van der Waals surface area contributed by atoms with Crippen molar-refractivity contribution in [2.75, 3.05) is 19.7 Å². The maximum atomic E-state index is 11.2. The molecule has 0 spiro atoms. The average Bonchev–Trinajstić information content (AvgIpc) is 3.16. The van der Waals surface area contributed by atoms with Crippen LogP contribution in [0, 0.1) is 11.8 Å². The Hall–Kier alpha value is -2.08. The van der Waals surface area contributed by atoms with Gasteiger partial charge in [-0.25, -0.2) is 5.43 Å². The molecule has 0 saturated heterocycles. The lowest BCUT2D eigenvalue weighted by atomic mass is 9.77. The number of nitrogens with one attached hydrogen (secondary N) is 1. The molecule has 27 heavy (non-hydrogen) atoms. The van der Waals surface area contributed by atoms with E-state index < -0.39 is 0 Å². The van der Waals surface area contributed by atoms with Crippen molar-refractivity contribution in [3.63, 3.8) is 0 Å². The summed E-state index contributed by atoms with van der Waals surface area (Å²) in [7, 11) is 0. The van der Waals surface area contributed by atoms with Crippen LogP contribution in [0.5, 0.6) is 11.5 Å². The number of hydrazine groups is 1. The van der Waals surface area contributed by atoms with Crippen molar-refractivity contribution in [2.45, 2.75) is 52.9 Å². The maximum absolute atomic E-state index is 11.2. The summed E-state index contributed by atoms with van der Waals surface area (Å²) in [4.78, 5) is 15.1. The van der Waals surface area contributed by atoms with Crippen LogP contribution in [0.25, 0.3) is 0 Å². The van der Waals surface area contributed by atoms with Crippen LogP contribution in [0.1, 0.15) is 63.2 Å². The van der Waals surface area contributed by atoms with E-state index >= 15 is 0 Å². The van der Waals surface area contributed by atoms with Gasteiger partial charge in [0.05, 0.1) is 19.0 Å². The molecule has 2 atom stereocenters. The van der Waals surface area contributed by atoms with Crippen molar-refractivity contribution in [1.29, 1.82) is 0 Å². The Balaban J connectivity index is 0.00000126. The van der Waals surface area contributed by atoms with E-state index in [2.05, 4.69) is 28.4 Å². The number of rotatable bonds is 7. The second-order valence-electron chi connectivity index (χ2n) is 6.79. The minimum absolute atomic E-state index is 0.135. The summed E-state index contributed by atoms with van der Waals surface area (Å²) >= 11 is 0. The highest BCUT2D eigenvalue weighted by Gasteiger charge is 2.32. The van der Waals surface area contributed by atoms with E-state index in [0.717, 1.165) is 25.9 Å². The van der Waals surface area contributed by atoms with Gasteiger partial charge in [0.15, 0.2) is 12.0 Å². The van der Waals surface area contributed by atoms with Gasteiger partial charge in [-0.3, -0.25) is 9.78 Å². The molecule has 0 amide bonds. The van der Waals surface area contributed by atoms with Gasteiger partial charge >= 0.3 is 0 Å². The monoisotopic (exact) mass is 375 g/mol. The van der Waals surface area contributed by atoms with Gasteiger partial charge in [0.25, 0.3) is 0 Å². The van der Waals surface area contributed by atoms with Gasteiger partial charge in [0.2, 0.25) is 0 Å². The molecule has 2 heterocycles. The fraction of sp³-hybridized carbons (Fsp3) is 0.619. The van der Waals surface area contributed by atoms with Crippen LogP contribution in [0.4, 0.5) is 0 Å². The predicted molar refractivity (Wildman–Crippen MR) is 107 cm³/mol. The number of hydrogen-bond donors (Lipinski definition) is 2. The fourth-order valence-corrected chi connectivity index (χ4v) is 3.91. The molecule has 1 aliphatic carbocycles. The number of aromatic hydroxyl groups is 1. The first-order valence-electron chi connectivity index (χ1n) is 10.2. The largest absolute Gasteiger partial charge is 0.505 e. The Labute approximate surface area is 162 Å². The molecule has 1 aliphatic heterocycles. The molecule has 1 aromatic heterocycles. The second kappa shape index (κ2) is 10.9. The molecule has 2 N–H and O–H groups in total. The Bertz CT molecular complexity index is 633. The molecular weight excluding hydrogens is 342 g/mol. The number of aldehydes is 1. The number of allylic oxidation sites excluding steroid dienone is 1. The number of aromatic nitrogens is 1. The summed E-state index contributed by atoms with van der Waals surface area (Å²) in [6.07, 6.45) is 11.5. The van der Waals surface area contributed by atoms with Crippen molar-refractivity contribution in [3.05, 3.63) is 29.7 Å². The number of carbonyl (C=O) groups is 1. The Morgan fingerprint density at radius 2 is 2.11 bits per heavy atom. The lowest BCUT2D eigenvalue weighted by Crippen LogP contribution is -2.38. The zero-order chi connectivity index (χ0) is 19.6. The van der Waals surface area contributed by atoms with Crippen molar-refractivity contribution in [2.24, 2.45) is 11.8 Å². The molecule has 0 radical (unpaired) electrons. The first kappa shape index (κ1) is 21.2. The number of pyridine rings is 1. The minimum Gasteiger partial charge on any atom is -0.505 e. The SMILES string of the molecule is CC.CCCN1NCC=C1C1CCCCC1COc1cncc(O)c1C=O. The summed E-state index contributed by atoms with van der Waals surface area (Å²) in [6.45, 7) is 8.63. The predicted octanol–water partition coefficient (Wildman–Crippen LogP) is 3.93. The molecule has 6 nitrogen and oxygen atoms in total. The lowest BCUT2D eigenvalue weighted by Gasteiger charge is -2.36. The van der Waals surface area contributed by atoms with Crippen LogP contribution >= 0.6 is 0 Å². The summed E-state index contributed by atoms with van der Waals surface area (Å²) in [5.41, 5.74) is 5.00. The van der Waals surface area contributed by atoms with Gasteiger partial charge in [-0.2, -0.15) is 0 Å². The Morgan fingerprint density at radius 1 is 1.33 bits per heavy atom. The van der Waals surface area contributed by atoms with Crippen LogP contribution in [-0.2, 0) is 0 Å². The first-order valence-corrected chi connectivity index (χ1v) is 10.2. The van der Waals surface area contributed by atoms with Crippen LogP contribution in [0.3, 0.4) is 0 Å². The zero-order valence-electron chi connectivity index (χ0n) is 16.8. The highest BCUT2D eigenvalue weighted by Crippen LogP contribution is 2.38. The van der Waals surface area contributed by atoms with E-state index in [0.29, 0.717) is 30.5 Å². The van der Waals surface area contributed by atoms with E-state index in [-0.39, 0.29) is 11.3 Å². The van der Waals surface area contributed by atoms with Gasteiger partial charge in [0.1, 0.15) is 11.3 Å². The van der Waals surface area contributed by atoms with Gasteiger partial charge < -0.3 is 14.9 Å². The van der Waals surface area contributed by atoms with Gasteiger partial charge in [-0.1, -0.05) is 33.6 Å². The maximum Gasteiger partial charge on any atom is 0.157 e. The van der Waals surface area contributed by atoms with Crippen molar-refractivity contribution in [1.82, 2.24) is 15.4 Å². The number of nitrogens with zero attached hydrogens (tertiary/aromatic N) is 2. The normalized spacial score (nSPS) is 21.9. The van der Waals surface area contributed by atoms with E-state index in [1.165, 1.54) is 37.4 Å². The average molecular weight is 376 g/mol. The van der Waals surface area contributed by atoms with E-state index in [4.69, 9.17) is 4.74 Å². The standard InChI is InChI=1S/C19H27N3O3.C2H6/c1-2-9-22-17(7-8-21-22)15-6-4-3-5-14(15)13-25-19-11-20-10-18(24)16(19)12-23;1-2/h7,10-12,14-15,21,24H,2-6,8-9,13H2,1H3;1-2H3. The number of hydrogen-bond acceptors (Lipinski definition) is 6. The number of carbonyl (C=O) groups excluding carboxylic acids is 1. The van der Waals surface area contributed by atoms with E-state index in [1.54, 1.807) is 0 Å². The molecule has 3 rings (SSSR count). The highest BCUT2D eigenvalue weighted by molar-refractivity contribution is 5.82. The van der Waals surface area contributed by atoms with Crippen molar-refractivity contribution < 1.29 is 14.6 Å². The van der Waals surface area contributed by atoms with Crippen LogP contribution in [0.15, 0.2) is 24.2 Å². The summed E-state index contributed by atoms with van der Waals surface area (Å²) in [6, 6.07) is 0. The highest BCUT2D eigenvalue weighted by atomic mass is 16.5. The molecule has 2 unspecified atom stereocenters. The third-order valence-corrected chi connectivity index (χ3v) is 5.14. The summed E-state index contributed by atoms with van der Waals surface area (Å²) in [5.74, 6) is 1.11. The quantitative estimate of drug-likeness (QED) is 0.704. The molecule has 2 aliphatic rings. The minimum atomic E-state index is -0.135. The summed E-state index contributed by atoms with van der Waals surface area (Å²) in [5, 5.41) is 12.0. The number of ether oxygens (including phenoxy) is 1. The third-order valence-electron chi connectivity index (χ3n) is 5.14. The van der Waals surface area contributed by atoms with Crippen LogP contribution in [-0.4, -0.2) is 41.1 Å².